The van der Waals surface area contributed by atoms with Crippen molar-refractivity contribution in [2.75, 3.05) is 13.2 Å². The molecule has 3 fully saturated rings. The van der Waals surface area contributed by atoms with Gasteiger partial charge in [-0.3, -0.25) is 4.79 Å². The Balaban J connectivity index is 1.52. The molecule has 2 aliphatic heterocycles. The summed E-state index contributed by atoms with van der Waals surface area (Å²) in [5.41, 5.74) is 0. The van der Waals surface area contributed by atoms with Crippen LogP contribution in [0.5, 0.6) is 0 Å². The summed E-state index contributed by atoms with van der Waals surface area (Å²) in [6, 6.07) is 0. The fraction of sp³-hybridized carbons (Fsp3) is 0.786. The molecule has 18 heavy (non-hydrogen) atoms. The van der Waals surface area contributed by atoms with Crippen molar-refractivity contribution in [3.05, 3.63) is 12.2 Å². The second kappa shape index (κ2) is 3.81. The molecule has 98 valence electrons. The highest BCUT2D eigenvalue weighted by Crippen LogP contribution is 2.63. The number of carbonyl (C=O) groups excluding carboxylic acids is 1. The molecule has 2 heterocycles. The average molecular weight is 250 g/mol. The van der Waals surface area contributed by atoms with Gasteiger partial charge in [-0.2, -0.15) is 0 Å². The lowest BCUT2D eigenvalue weighted by molar-refractivity contribution is -0.152. The van der Waals surface area contributed by atoms with Crippen LogP contribution in [0, 0.1) is 29.6 Å². The molecule has 0 spiro atoms. The van der Waals surface area contributed by atoms with Crippen molar-refractivity contribution in [1.82, 2.24) is 0 Å². The lowest BCUT2D eigenvalue weighted by atomic mass is 9.69. The Labute approximate surface area is 106 Å². The molecule has 0 amide bonds. The zero-order chi connectivity index (χ0) is 12.3. The molecule has 4 rings (SSSR count). The number of fused-ring (bicyclic) bond motifs is 9. The Kier molecular flexibility index (Phi) is 2.33. The van der Waals surface area contributed by atoms with Crippen LogP contribution in [0.2, 0.25) is 0 Å². The fourth-order valence-electron chi connectivity index (χ4n) is 4.85. The van der Waals surface area contributed by atoms with Gasteiger partial charge in [-0.05, 0) is 36.5 Å². The molecule has 4 unspecified atom stereocenters. The van der Waals surface area contributed by atoms with E-state index in [-0.39, 0.29) is 31.2 Å². The number of aliphatic hydroxyl groups excluding tert-OH is 1. The Morgan fingerprint density at radius 1 is 1.28 bits per heavy atom. The molecule has 2 aliphatic carbocycles. The van der Waals surface area contributed by atoms with Crippen molar-refractivity contribution in [2.45, 2.75) is 25.0 Å². The molecule has 7 atom stereocenters. The lowest BCUT2D eigenvalue weighted by Crippen LogP contribution is -2.37. The van der Waals surface area contributed by atoms with Crippen molar-refractivity contribution in [3.63, 3.8) is 0 Å². The molecule has 4 nitrogen and oxygen atoms in total. The second-order valence-electron chi connectivity index (χ2n) is 6.00. The van der Waals surface area contributed by atoms with Crippen LogP contribution in [-0.4, -0.2) is 36.5 Å². The Morgan fingerprint density at radius 2 is 2.06 bits per heavy atom. The van der Waals surface area contributed by atoms with Gasteiger partial charge in [0, 0.05) is 0 Å². The maximum Gasteiger partial charge on any atom is 0.309 e. The van der Waals surface area contributed by atoms with Crippen LogP contribution in [0.3, 0.4) is 0 Å². The van der Waals surface area contributed by atoms with E-state index in [1.165, 1.54) is 0 Å². The molecule has 1 saturated heterocycles. The largest absolute Gasteiger partial charge is 0.463 e. The van der Waals surface area contributed by atoms with Crippen LogP contribution >= 0.6 is 0 Å². The van der Waals surface area contributed by atoms with E-state index in [4.69, 9.17) is 14.6 Å². The molecule has 0 aromatic heterocycles. The maximum atomic E-state index is 12.0. The highest BCUT2D eigenvalue weighted by molar-refractivity contribution is 5.73. The molecular formula is C14H18O4. The highest BCUT2D eigenvalue weighted by atomic mass is 16.5. The van der Waals surface area contributed by atoms with Crippen LogP contribution in [0.1, 0.15) is 12.8 Å². The van der Waals surface area contributed by atoms with E-state index in [0.717, 1.165) is 12.8 Å². The van der Waals surface area contributed by atoms with Crippen molar-refractivity contribution >= 4 is 5.97 Å². The van der Waals surface area contributed by atoms with E-state index in [1.54, 1.807) is 0 Å². The van der Waals surface area contributed by atoms with E-state index in [2.05, 4.69) is 12.2 Å². The minimum absolute atomic E-state index is 0.0409. The Morgan fingerprint density at radius 3 is 2.83 bits per heavy atom. The van der Waals surface area contributed by atoms with Gasteiger partial charge < -0.3 is 14.6 Å². The van der Waals surface area contributed by atoms with Gasteiger partial charge in [-0.1, -0.05) is 12.2 Å². The van der Waals surface area contributed by atoms with Crippen LogP contribution in [0.25, 0.3) is 0 Å². The third kappa shape index (κ3) is 1.30. The minimum Gasteiger partial charge on any atom is -0.463 e. The quantitative estimate of drug-likeness (QED) is 0.593. The number of ether oxygens (including phenoxy) is 2. The first-order chi connectivity index (χ1) is 8.79. The standard InChI is InChI=1S/C14H18O4/c15-3-4-17-14(16)9-6-7-5-8(9)13-11-2-1-10(18-11)12(7)13/h1-2,7-13,15H,3-6H2/t7-,8+,9?,10+,11?,12?,13?/m1/s1. The average Bonchev–Trinajstić information content (AvgIpc) is 3.10. The van der Waals surface area contributed by atoms with Crippen molar-refractivity contribution in [1.29, 1.82) is 0 Å². The minimum atomic E-state index is -0.109. The van der Waals surface area contributed by atoms with Crippen LogP contribution in [0.4, 0.5) is 0 Å². The number of carbonyl (C=O) groups is 1. The smallest absolute Gasteiger partial charge is 0.309 e. The summed E-state index contributed by atoms with van der Waals surface area (Å²) < 4.78 is 11.0. The second-order valence-corrected chi connectivity index (χ2v) is 6.00. The van der Waals surface area contributed by atoms with Crippen LogP contribution < -0.4 is 0 Å². The summed E-state index contributed by atoms with van der Waals surface area (Å²) in [6.07, 6.45) is 7.03. The first kappa shape index (κ1) is 11.0. The summed E-state index contributed by atoms with van der Waals surface area (Å²) in [4.78, 5) is 12.0. The van der Waals surface area contributed by atoms with Gasteiger partial charge in [0.2, 0.25) is 0 Å². The normalized spacial score (nSPS) is 50.8. The topological polar surface area (TPSA) is 55.8 Å². The van der Waals surface area contributed by atoms with Crippen molar-refractivity contribution in [2.24, 2.45) is 29.6 Å². The molecule has 1 N–H and O–H groups in total. The predicted molar refractivity (Wildman–Crippen MR) is 62.5 cm³/mol. The molecule has 4 bridgehead atoms. The molecule has 0 aromatic carbocycles. The fourth-order valence-corrected chi connectivity index (χ4v) is 4.85. The summed E-state index contributed by atoms with van der Waals surface area (Å²) >= 11 is 0. The lowest BCUT2D eigenvalue weighted by Gasteiger charge is -2.33. The Bertz CT molecular complexity index is 405. The molecule has 4 aliphatic rings. The third-order valence-electron chi connectivity index (χ3n) is 5.33. The molecule has 4 heteroatoms. The summed E-state index contributed by atoms with van der Waals surface area (Å²) in [7, 11) is 0. The van der Waals surface area contributed by atoms with Gasteiger partial charge in [-0.25, -0.2) is 0 Å². The zero-order valence-corrected chi connectivity index (χ0v) is 10.2. The monoisotopic (exact) mass is 250 g/mol. The molecular weight excluding hydrogens is 232 g/mol. The van der Waals surface area contributed by atoms with E-state index < -0.39 is 0 Å². The molecule has 0 radical (unpaired) electrons. The number of aliphatic hydroxyl groups is 1. The van der Waals surface area contributed by atoms with E-state index in [1.807, 2.05) is 0 Å². The zero-order valence-electron chi connectivity index (χ0n) is 10.2. The first-order valence-electron chi connectivity index (χ1n) is 6.91. The van der Waals surface area contributed by atoms with Gasteiger partial charge in [-0.15, -0.1) is 0 Å². The maximum absolute atomic E-state index is 12.0. The van der Waals surface area contributed by atoms with Gasteiger partial charge >= 0.3 is 5.97 Å². The van der Waals surface area contributed by atoms with E-state index in [0.29, 0.717) is 29.8 Å². The molecule has 2 saturated carbocycles. The van der Waals surface area contributed by atoms with Crippen LogP contribution in [0.15, 0.2) is 12.2 Å². The number of hydrogen-bond acceptors (Lipinski definition) is 4. The van der Waals surface area contributed by atoms with E-state index >= 15 is 0 Å². The predicted octanol–water partition coefficient (Wildman–Crippen LogP) is 0.748. The number of rotatable bonds is 3. The first-order valence-corrected chi connectivity index (χ1v) is 6.91. The van der Waals surface area contributed by atoms with Gasteiger partial charge in [0.15, 0.2) is 0 Å². The van der Waals surface area contributed by atoms with Gasteiger partial charge in [0.1, 0.15) is 6.61 Å². The SMILES string of the molecule is O=C(OCCO)C1C[C@H]2C[C@@H]1C1C3C=C[C@H](O3)C12. The Hall–Kier alpha value is -0.870. The van der Waals surface area contributed by atoms with Gasteiger partial charge in [0.25, 0.3) is 0 Å². The third-order valence-corrected chi connectivity index (χ3v) is 5.33. The number of hydrogen-bond donors (Lipinski definition) is 1. The molecule has 0 aromatic rings. The highest BCUT2D eigenvalue weighted by Gasteiger charge is 2.63. The summed E-state index contributed by atoms with van der Waals surface area (Å²) in [6.45, 7) is 0.0401. The summed E-state index contributed by atoms with van der Waals surface area (Å²) in [5, 5.41) is 8.72. The summed E-state index contributed by atoms with van der Waals surface area (Å²) in [5.74, 6) is 2.18. The number of esters is 1. The van der Waals surface area contributed by atoms with Crippen molar-refractivity contribution in [3.8, 4) is 0 Å². The van der Waals surface area contributed by atoms with Crippen LogP contribution in [-0.2, 0) is 14.3 Å². The van der Waals surface area contributed by atoms with E-state index in [9.17, 15) is 4.79 Å². The van der Waals surface area contributed by atoms with Crippen molar-refractivity contribution < 1.29 is 19.4 Å². The van der Waals surface area contributed by atoms with Gasteiger partial charge in [0.05, 0.1) is 24.7 Å².